The Kier molecular flexibility index (Phi) is 6.28. The van der Waals surface area contributed by atoms with Crippen LogP contribution in [0.3, 0.4) is 0 Å². The Morgan fingerprint density at radius 3 is 2.70 bits per heavy atom. The number of aryl methyl sites for hydroxylation is 1. The molecule has 0 radical (unpaired) electrons. The number of amides is 1. The van der Waals surface area contributed by atoms with Crippen molar-refractivity contribution in [2.45, 2.75) is 24.8 Å². The van der Waals surface area contributed by atoms with Gasteiger partial charge in [0.2, 0.25) is 0 Å². The van der Waals surface area contributed by atoms with Crippen molar-refractivity contribution >= 4 is 49.1 Å². The van der Waals surface area contributed by atoms with Gasteiger partial charge in [0.1, 0.15) is 0 Å². The molecule has 0 unspecified atom stereocenters. The molecule has 0 spiro atoms. The minimum absolute atomic E-state index is 0.0616. The third-order valence-electron chi connectivity index (χ3n) is 4.23. The number of nitrogens with zero attached hydrogens (tertiary/aromatic N) is 3. The van der Waals surface area contributed by atoms with Gasteiger partial charge in [0, 0.05) is 31.0 Å². The van der Waals surface area contributed by atoms with Gasteiger partial charge in [0.15, 0.2) is 14.6 Å². The topological polar surface area (TPSA) is 112 Å². The summed E-state index contributed by atoms with van der Waals surface area (Å²) in [7, 11) is -3.34. The van der Waals surface area contributed by atoms with Crippen LogP contribution in [0.5, 0.6) is 0 Å². The van der Waals surface area contributed by atoms with Crippen LogP contribution >= 0.6 is 11.3 Å². The summed E-state index contributed by atoms with van der Waals surface area (Å²) in [6.07, 6.45) is 4.68. The van der Waals surface area contributed by atoms with Crippen LogP contribution in [0, 0.1) is 10.1 Å². The quantitative estimate of drug-likeness (QED) is 0.327. The molecule has 0 aliphatic rings. The number of sulfone groups is 1. The lowest BCUT2D eigenvalue weighted by Gasteiger charge is -2.03. The van der Waals surface area contributed by atoms with Crippen molar-refractivity contribution in [1.82, 2.24) is 4.57 Å². The van der Waals surface area contributed by atoms with Gasteiger partial charge in [-0.2, -0.15) is 4.99 Å². The minimum atomic E-state index is -3.34. The first-order chi connectivity index (χ1) is 14.2. The lowest BCUT2D eigenvalue weighted by molar-refractivity contribution is -0.384. The number of thiazole rings is 1. The highest BCUT2D eigenvalue weighted by Gasteiger charge is 2.12. The Morgan fingerprint density at radius 2 is 2.03 bits per heavy atom. The largest absolute Gasteiger partial charge is 0.316 e. The normalized spacial score (nSPS) is 12.7. The molecule has 10 heteroatoms. The van der Waals surface area contributed by atoms with E-state index in [-0.39, 0.29) is 10.6 Å². The summed E-state index contributed by atoms with van der Waals surface area (Å²) in [5.41, 5.74) is 1.26. The van der Waals surface area contributed by atoms with Crippen molar-refractivity contribution in [3.63, 3.8) is 0 Å². The zero-order valence-corrected chi connectivity index (χ0v) is 17.9. The van der Waals surface area contributed by atoms with Crippen molar-refractivity contribution in [3.8, 4) is 0 Å². The Morgan fingerprint density at radius 1 is 1.27 bits per heavy atom. The van der Waals surface area contributed by atoms with Crippen molar-refractivity contribution in [2.75, 3.05) is 6.26 Å². The molecule has 0 saturated carbocycles. The van der Waals surface area contributed by atoms with Crippen LogP contribution in [0.15, 0.2) is 58.4 Å². The average molecular weight is 446 g/mol. The highest BCUT2D eigenvalue weighted by molar-refractivity contribution is 7.90. The van der Waals surface area contributed by atoms with E-state index in [1.807, 2.05) is 11.5 Å². The molecule has 30 heavy (non-hydrogen) atoms. The predicted octanol–water partition coefficient (Wildman–Crippen LogP) is 3.57. The van der Waals surface area contributed by atoms with Crippen LogP contribution < -0.4 is 4.80 Å². The molecule has 1 amide bonds. The molecule has 3 rings (SSSR count). The van der Waals surface area contributed by atoms with Gasteiger partial charge in [0.05, 0.1) is 20.0 Å². The van der Waals surface area contributed by atoms with E-state index in [0.29, 0.717) is 16.9 Å². The number of carbonyl (C=O) groups excluding carboxylic acids is 1. The number of rotatable bonds is 6. The first-order valence-corrected chi connectivity index (χ1v) is 11.7. The van der Waals surface area contributed by atoms with E-state index in [4.69, 9.17) is 0 Å². The van der Waals surface area contributed by atoms with Crippen LogP contribution in [-0.2, 0) is 21.2 Å². The number of nitro groups is 1. The number of carbonyl (C=O) groups is 1. The summed E-state index contributed by atoms with van der Waals surface area (Å²) in [4.78, 5) is 27.6. The van der Waals surface area contributed by atoms with E-state index in [1.54, 1.807) is 30.3 Å². The molecule has 1 aromatic heterocycles. The molecule has 2 aromatic carbocycles. The number of aromatic nitrogens is 1. The molecule has 1 heterocycles. The molecular weight excluding hydrogens is 426 g/mol. The van der Waals surface area contributed by atoms with Crippen molar-refractivity contribution in [3.05, 3.63) is 69.0 Å². The second-order valence-electron chi connectivity index (χ2n) is 6.57. The van der Waals surface area contributed by atoms with E-state index >= 15 is 0 Å². The molecule has 156 valence electrons. The van der Waals surface area contributed by atoms with Crippen LogP contribution in [0.1, 0.15) is 18.9 Å². The first kappa shape index (κ1) is 21.6. The Bertz CT molecular complexity index is 1330. The smallest absolute Gasteiger partial charge is 0.272 e. The van der Waals surface area contributed by atoms with Gasteiger partial charge in [-0.05, 0) is 36.3 Å². The minimum Gasteiger partial charge on any atom is -0.316 e. The molecule has 0 atom stereocenters. The fraction of sp³-hybridized carbons (Fsp3) is 0.200. The molecule has 3 aromatic rings. The van der Waals surface area contributed by atoms with E-state index in [1.165, 1.54) is 35.6 Å². The number of fused-ring (bicyclic) bond motifs is 1. The maximum atomic E-state index is 12.4. The van der Waals surface area contributed by atoms with Crippen LogP contribution in [0.2, 0.25) is 0 Å². The molecule has 0 saturated heterocycles. The monoisotopic (exact) mass is 445 g/mol. The van der Waals surface area contributed by atoms with E-state index in [9.17, 15) is 23.3 Å². The van der Waals surface area contributed by atoms with Gasteiger partial charge in [-0.15, -0.1) is 0 Å². The van der Waals surface area contributed by atoms with Gasteiger partial charge in [-0.3, -0.25) is 14.9 Å². The molecule has 0 aliphatic carbocycles. The Balaban J connectivity index is 1.99. The number of hydrogen-bond donors (Lipinski definition) is 0. The van der Waals surface area contributed by atoms with Gasteiger partial charge >= 0.3 is 0 Å². The molecule has 0 aliphatic heterocycles. The lowest BCUT2D eigenvalue weighted by Crippen LogP contribution is -2.16. The molecular formula is C20H19N3O5S2. The number of non-ortho nitro benzene ring substituents is 1. The van der Waals surface area contributed by atoms with Crippen LogP contribution in [0.4, 0.5) is 5.69 Å². The second kappa shape index (κ2) is 8.72. The third-order valence-corrected chi connectivity index (χ3v) is 6.39. The van der Waals surface area contributed by atoms with Gasteiger partial charge in [-0.1, -0.05) is 30.4 Å². The molecule has 0 N–H and O–H groups in total. The molecule has 0 bridgehead atoms. The Hall–Kier alpha value is -3.11. The lowest BCUT2D eigenvalue weighted by atomic mass is 10.2. The van der Waals surface area contributed by atoms with Crippen molar-refractivity contribution in [1.29, 1.82) is 0 Å². The van der Waals surface area contributed by atoms with Crippen LogP contribution in [0.25, 0.3) is 16.3 Å². The zero-order valence-electron chi connectivity index (χ0n) is 16.3. The summed E-state index contributed by atoms with van der Waals surface area (Å²) in [6.45, 7) is 2.62. The number of nitro benzene ring substituents is 1. The summed E-state index contributed by atoms with van der Waals surface area (Å²) in [6, 6.07) is 10.8. The maximum absolute atomic E-state index is 12.4. The SMILES string of the molecule is CCCn1c(=NC(=O)C=Cc2cccc([N+](=O)[O-])c2)sc2cc(S(C)(=O)=O)ccc21. The maximum Gasteiger partial charge on any atom is 0.272 e. The predicted molar refractivity (Wildman–Crippen MR) is 116 cm³/mol. The fourth-order valence-corrected chi connectivity index (χ4v) is 4.67. The van der Waals surface area contributed by atoms with Crippen LogP contribution in [-0.4, -0.2) is 30.1 Å². The van der Waals surface area contributed by atoms with E-state index in [0.717, 1.165) is 22.9 Å². The first-order valence-electron chi connectivity index (χ1n) is 9.03. The summed E-state index contributed by atoms with van der Waals surface area (Å²) >= 11 is 1.24. The molecule has 8 nitrogen and oxygen atoms in total. The second-order valence-corrected chi connectivity index (χ2v) is 9.60. The van der Waals surface area contributed by atoms with Crippen molar-refractivity contribution in [2.24, 2.45) is 4.99 Å². The summed E-state index contributed by atoms with van der Waals surface area (Å²) in [5, 5.41) is 10.9. The summed E-state index contributed by atoms with van der Waals surface area (Å²) < 4.78 is 26.3. The third kappa shape index (κ3) is 4.89. The number of benzene rings is 2. The van der Waals surface area contributed by atoms with Gasteiger partial charge in [-0.25, -0.2) is 8.42 Å². The van der Waals surface area contributed by atoms with Gasteiger partial charge in [0.25, 0.3) is 11.6 Å². The van der Waals surface area contributed by atoms with Crippen molar-refractivity contribution < 1.29 is 18.1 Å². The Labute approximate surface area is 176 Å². The highest BCUT2D eigenvalue weighted by Crippen LogP contribution is 2.22. The zero-order chi connectivity index (χ0) is 21.9. The molecule has 0 fully saturated rings. The number of hydrogen-bond acceptors (Lipinski definition) is 6. The summed E-state index contributed by atoms with van der Waals surface area (Å²) in [5.74, 6) is -0.513. The van der Waals surface area contributed by atoms with E-state index in [2.05, 4.69) is 4.99 Å². The van der Waals surface area contributed by atoms with E-state index < -0.39 is 20.7 Å². The highest BCUT2D eigenvalue weighted by atomic mass is 32.2. The fourth-order valence-electron chi connectivity index (χ4n) is 2.85. The standard InChI is InChI=1S/C20H19N3O5S2/c1-3-11-22-17-9-8-16(30(2,27)28)13-18(17)29-20(22)21-19(24)10-7-14-5-4-6-15(12-14)23(25)26/h4-10,12-13H,3,11H2,1-2H3. The van der Waals surface area contributed by atoms with Gasteiger partial charge < -0.3 is 4.57 Å². The average Bonchev–Trinajstić information content (AvgIpc) is 3.02.